The van der Waals surface area contributed by atoms with Gasteiger partial charge in [-0.05, 0) is 31.5 Å². The number of phenols is 1. The van der Waals surface area contributed by atoms with E-state index in [1.165, 1.54) is 19.2 Å². The molecule has 1 aromatic carbocycles. The second kappa shape index (κ2) is 6.84. The number of aromatic nitrogens is 1. The van der Waals surface area contributed by atoms with Crippen LogP contribution in [0.4, 0.5) is 0 Å². The number of aliphatic carboxylic acids is 2. The predicted molar refractivity (Wildman–Crippen MR) is 89.7 cm³/mol. The SMILES string of the molecule is Cc1c(C(=O)N(C)[C@@H](CCC(=O)O)C(=O)O)c2cc(O)ccc2n1C. The van der Waals surface area contributed by atoms with Crippen molar-refractivity contribution >= 4 is 28.7 Å². The van der Waals surface area contributed by atoms with Gasteiger partial charge in [-0.3, -0.25) is 9.59 Å². The van der Waals surface area contributed by atoms with Gasteiger partial charge in [-0.2, -0.15) is 0 Å². The summed E-state index contributed by atoms with van der Waals surface area (Å²) in [6.07, 6.45) is -0.550. The van der Waals surface area contributed by atoms with Gasteiger partial charge in [0.1, 0.15) is 11.8 Å². The lowest BCUT2D eigenvalue weighted by Crippen LogP contribution is -2.42. The number of amides is 1. The van der Waals surface area contributed by atoms with Gasteiger partial charge in [0.2, 0.25) is 0 Å². The molecule has 0 fully saturated rings. The van der Waals surface area contributed by atoms with Gasteiger partial charge in [0.15, 0.2) is 0 Å². The van der Waals surface area contributed by atoms with Crippen LogP contribution in [0.25, 0.3) is 10.9 Å². The molecule has 0 bridgehead atoms. The number of carbonyl (C=O) groups excluding carboxylic acids is 1. The second-order valence-electron chi connectivity index (χ2n) is 5.92. The minimum absolute atomic E-state index is 0.00420. The summed E-state index contributed by atoms with van der Waals surface area (Å²) in [6.45, 7) is 1.73. The van der Waals surface area contributed by atoms with Crippen molar-refractivity contribution in [3.63, 3.8) is 0 Å². The Hall–Kier alpha value is -3.03. The summed E-state index contributed by atoms with van der Waals surface area (Å²) in [5.41, 5.74) is 1.64. The summed E-state index contributed by atoms with van der Waals surface area (Å²) in [5.74, 6) is -2.93. The van der Waals surface area contributed by atoms with Crippen LogP contribution in [0.2, 0.25) is 0 Å². The van der Waals surface area contributed by atoms with E-state index >= 15 is 0 Å². The molecule has 0 radical (unpaired) electrons. The summed E-state index contributed by atoms with van der Waals surface area (Å²) < 4.78 is 1.78. The number of benzene rings is 1. The standard InChI is InChI=1S/C17H20N2O6/c1-9-15(11-8-10(20)4-5-12(11)18(9)2)16(23)19(3)13(17(24)25)6-7-14(21)22/h4-5,8,13,20H,6-7H2,1-3H3,(H,21,22)(H,24,25)/t13-/m0/s1. The number of hydrogen-bond acceptors (Lipinski definition) is 4. The smallest absolute Gasteiger partial charge is 0.326 e. The average Bonchev–Trinajstić information content (AvgIpc) is 2.77. The van der Waals surface area contributed by atoms with Crippen molar-refractivity contribution < 1.29 is 29.7 Å². The summed E-state index contributed by atoms with van der Waals surface area (Å²) in [6, 6.07) is 3.38. The third kappa shape index (κ3) is 3.42. The van der Waals surface area contributed by atoms with Crippen molar-refractivity contribution in [2.75, 3.05) is 7.05 Å². The fourth-order valence-corrected chi connectivity index (χ4v) is 2.89. The molecule has 2 aromatic rings. The number of hydrogen-bond donors (Lipinski definition) is 3. The number of rotatable bonds is 6. The van der Waals surface area contributed by atoms with Crippen LogP contribution in [0.15, 0.2) is 18.2 Å². The summed E-state index contributed by atoms with van der Waals surface area (Å²) in [4.78, 5) is 36.1. The van der Waals surface area contributed by atoms with Gasteiger partial charge in [-0.25, -0.2) is 4.79 Å². The Bertz CT molecular complexity index is 854. The molecule has 0 spiro atoms. The number of likely N-dealkylation sites (N-methyl/N-ethyl adjacent to an activating group) is 1. The number of carboxylic acid groups (broad SMARTS) is 2. The van der Waals surface area contributed by atoms with Crippen molar-refractivity contribution in [2.45, 2.75) is 25.8 Å². The van der Waals surface area contributed by atoms with Gasteiger partial charge >= 0.3 is 11.9 Å². The fraction of sp³-hybridized carbons (Fsp3) is 0.353. The van der Waals surface area contributed by atoms with E-state index in [9.17, 15) is 24.6 Å². The lowest BCUT2D eigenvalue weighted by atomic mass is 10.1. The highest BCUT2D eigenvalue weighted by molar-refractivity contribution is 6.09. The van der Waals surface area contributed by atoms with E-state index in [2.05, 4.69) is 0 Å². The molecule has 1 heterocycles. The summed E-state index contributed by atoms with van der Waals surface area (Å²) in [7, 11) is 3.11. The average molecular weight is 348 g/mol. The predicted octanol–water partition coefficient (Wildman–Crippen LogP) is 1.58. The molecular weight excluding hydrogens is 328 g/mol. The molecule has 0 saturated heterocycles. The van der Waals surface area contributed by atoms with E-state index in [0.29, 0.717) is 11.1 Å². The van der Waals surface area contributed by atoms with Gasteiger partial charge in [-0.1, -0.05) is 0 Å². The van der Waals surface area contributed by atoms with Gasteiger partial charge in [0.05, 0.1) is 5.56 Å². The van der Waals surface area contributed by atoms with Crippen molar-refractivity contribution in [3.05, 3.63) is 29.5 Å². The molecular formula is C17H20N2O6. The van der Waals surface area contributed by atoms with E-state index in [0.717, 1.165) is 10.4 Å². The molecule has 2 rings (SSSR count). The first-order chi connectivity index (χ1) is 11.6. The third-order valence-electron chi connectivity index (χ3n) is 4.39. The Kier molecular flexibility index (Phi) is 5.01. The molecule has 1 atom stereocenters. The molecule has 1 aromatic heterocycles. The zero-order valence-electron chi connectivity index (χ0n) is 14.2. The highest BCUT2D eigenvalue weighted by Gasteiger charge is 2.30. The Morgan fingerprint density at radius 2 is 1.88 bits per heavy atom. The summed E-state index contributed by atoms with van der Waals surface area (Å²) in [5, 5.41) is 28.4. The Balaban J connectivity index is 2.46. The number of carbonyl (C=O) groups is 3. The van der Waals surface area contributed by atoms with Crippen LogP contribution in [0, 0.1) is 6.92 Å². The Morgan fingerprint density at radius 3 is 2.44 bits per heavy atom. The molecule has 0 aliphatic carbocycles. The number of carboxylic acids is 2. The van der Waals surface area contributed by atoms with Gasteiger partial charge < -0.3 is 24.8 Å². The van der Waals surface area contributed by atoms with Crippen molar-refractivity contribution in [1.29, 1.82) is 0 Å². The first kappa shape index (κ1) is 18.3. The number of aryl methyl sites for hydroxylation is 1. The minimum atomic E-state index is -1.27. The van der Waals surface area contributed by atoms with Crippen LogP contribution in [-0.2, 0) is 16.6 Å². The number of nitrogens with zero attached hydrogens (tertiary/aromatic N) is 2. The molecule has 134 valence electrons. The molecule has 0 saturated carbocycles. The fourth-order valence-electron chi connectivity index (χ4n) is 2.89. The van der Waals surface area contributed by atoms with Gasteiger partial charge in [0.25, 0.3) is 5.91 Å². The zero-order valence-corrected chi connectivity index (χ0v) is 14.2. The van der Waals surface area contributed by atoms with Crippen molar-refractivity contribution in [2.24, 2.45) is 7.05 Å². The van der Waals surface area contributed by atoms with E-state index in [1.54, 1.807) is 24.6 Å². The maximum atomic E-state index is 12.9. The van der Waals surface area contributed by atoms with Gasteiger partial charge in [-0.15, -0.1) is 0 Å². The van der Waals surface area contributed by atoms with E-state index < -0.39 is 23.9 Å². The van der Waals surface area contributed by atoms with Crippen LogP contribution in [0.3, 0.4) is 0 Å². The lowest BCUT2D eigenvalue weighted by Gasteiger charge is -2.24. The number of phenolic OH excluding ortho intramolecular Hbond substituents is 1. The Morgan fingerprint density at radius 1 is 1.24 bits per heavy atom. The molecule has 1 amide bonds. The van der Waals surface area contributed by atoms with Gasteiger partial charge in [0, 0.05) is 37.1 Å². The van der Waals surface area contributed by atoms with Crippen LogP contribution >= 0.6 is 0 Å². The van der Waals surface area contributed by atoms with Crippen LogP contribution < -0.4 is 0 Å². The van der Waals surface area contributed by atoms with Crippen molar-refractivity contribution in [3.8, 4) is 5.75 Å². The Labute approximate surface area is 143 Å². The van der Waals surface area contributed by atoms with Crippen LogP contribution in [0.1, 0.15) is 28.9 Å². The third-order valence-corrected chi connectivity index (χ3v) is 4.39. The van der Waals surface area contributed by atoms with Crippen molar-refractivity contribution in [1.82, 2.24) is 9.47 Å². The topological polar surface area (TPSA) is 120 Å². The normalized spacial score (nSPS) is 12.1. The van der Waals surface area contributed by atoms with E-state index in [-0.39, 0.29) is 24.2 Å². The maximum absolute atomic E-state index is 12.9. The van der Waals surface area contributed by atoms with Crippen LogP contribution in [-0.4, -0.2) is 55.7 Å². The molecule has 0 unspecified atom stereocenters. The highest BCUT2D eigenvalue weighted by atomic mass is 16.4. The largest absolute Gasteiger partial charge is 0.508 e. The van der Waals surface area contributed by atoms with Crippen LogP contribution in [0.5, 0.6) is 5.75 Å². The molecule has 0 aliphatic rings. The molecule has 8 heteroatoms. The quantitative estimate of drug-likeness (QED) is 0.729. The molecule has 8 nitrogen and oxygen atoms in total. The maximum Gasteiger partial charge on any atom is 0.326 e. The van der Waals surface area contributed by atoms with E-state index in [1.807, 2.05) is 0 Å². The minimum Gasteiger partial charge on any atom is -0.508 e. The summed E-state index contributed by atoms with van der Waals surface area (Å²) >= 11 is 0. The lowest BCUT2D eigenvalue weighted by molar-refractivity contribution is -0.143. The van der Waals surface area contributed by atoms with E-state index in [4.69, 9.17) is 5.11 Å². The zero-order chi connectivity index (χ0) is 18.9. The second-order valence-corrected chi connectivity index (χ2v) is 5.92. The number of aromatic hydroxyl groups is 1. The first-order valence-corrected chi connectivity index (χ1v) is 7.65. The number of fused-ring (bicyclic) bond motifs is 1. The molecule has 3 N–H and O–H groups in total. The highest BCUT2D eigenvalue weighted by Crippen LogP contribution is 2.29. The monoisotopic (exact) mass is 348 g/mol. The molecule has 25 heavy (non-hydrogen) atoms. The molecule has 0 aliphatic heterocycles. The first-order valence-electron chi connectivity index (χ1n) is 7.65.